The molecule has 0 saturated heterocycles. The summed E-state index contributed by atoms with van der Waals surface area (Å²) in [5.74, 6) is -7.13. The molecule has 1 aromatic carbocycles. The van der Waals surface area contributed by atoms with Crippen LogP contribution >= 0.6 is 0 Å². The van der Waals surface area contributed by atoms with Crippen molar-refractivity contribution in [1.29, 1.82) is 0 Å². The molecule has 0 heterocycles. The Labute approximate surface area is 202 Å². The van der Waals surface area contributed by atoms with Gasteiger partial charge in [-0.15, -0.1) is 0 Å². The summed E-state index contributed by atoms with van der Waals surface area (Å²) in [4.78, 5) is 40.3. The summed E-state index contributed by atoms with van der Waals surface area (Å²) < 4.78 is 5.82. The number of aliphatic hydroxyl groups is 4. The minimum absolute atomic E-state index is 0.126. The summed E-state index contributed by atoms with van der Waals surface area (Å²) in [6.45, 7) is 2.39. The molecule has 3 aliphatic rings. The maximum atomic E-state index is 13.8. The molecule has 1 aromatic rings. The van der Waals surface area contributed by atoms with Gasteiger partial charge >= 0.3 is 0 Å². The molecule has 35 heavy (non-hydrogen) atoms. The molecule has 4 rings (SSSR count). The number of ether oxygens (including phenoxy) is 1. The SMILES string of the molecule is CCCCOc1cccc2c1C(O)=C1C(=O)[C@]3(O)C(O)=C(C(N)=O)C(=O)[C@@H](N(C)C)[C@@H]3[C@@H](O)[C@@H]1C2. The van der Waals surface area contributed by atoms with Crippen molar-refractivity contribution < 1.29 is 39.5 Å². The second-order valence-corrected chi connectivity index (χ2v) is 9.54. The molecule has 0 radical (unpaired) electrons. The zero-order valence-electron chi connectivity index (χ0n) is 19.8. The first-order chi connectivity index (χ1) is 16.5. The molecule has 1 saturated carbocycles. The van der Waals surface area contributed by atoms with Crippen LogP contribution in [0, 0.1) is 11.8 Å². The average molecular weight is 487 g/mol. The molecular formula is C25H30N2O8. The monoisotopic (exact) mass is 486 g/mol. The van der Waals surface area contributed by atoms with E-state index in [2.05, 4.69) is 0 Å². The quantitative estimate of drug-likeness (QED) is 0.282. The number of aliphatic hydroxyl groups excluding tert-OH is 3. The summed E-state index contributed by atoms with van der Waals surface area (Å²) in [6.07, 6.45) is 0.265. The highest BCUT2D eigenvalue weighted by atomic mass is 16.5. The number of carbonyl (C=O) groups is 3. The van der Waals surface area contributed by atoms with E-state index in [1.165, 1.54) is 19.0 Å². The lowest BCUT2D eigenvalue weighted by atomic mass is 9.56. The van der Waals surface area contributed by atoms with Crippen LogP contribution in [0.5, 0.6) is 5.75 Å². The molecule has 0 unspecified atom stereocenters. The van der Waals surface area contributed by atoms with E-state index in [1.54, 1.807) is 18.2 Å². The van der Waals surface area contributed by atoms with Gasteiger partial charge in [0.1, 0.15) is 22.8 Å². The van der Waals surface area contributed by atoms with Crippen molar-refractivity contribution in [2.24, 2.45) is 17.6 Å². The van der Waals surface area contributed by atoms with Crippen LogP contribution in [0.4, 0.5) is 0 Å². The number of ketones is 2. The van der Waals surface area contributed by atoms with E-state index in [0.717, 1.165) is 12.8 Å². The number of Topliss-reactive ketones (excluding diaryl/α,β-unsaturated/α-hetero) is 2. The average Bonchev–Trinajstić information content (AvgIpc) is 2.79. The molecule has 1 amide bonds. The van der Waals surface area contributed by atoms with Gasteiger partial charge in [0.05, 0.1) is 30.2 Å². The number of rotatable bonds is 6. The largest absolute Gasteiger partial charge is 0.508 e. The topological polar surface area (TPSA) is 171 Å². The molecule has 0 bridgehead atoms. The summed E-state index contributed by atoms with van der Waals surface area (Å²) in [5.41, 5.74) is 2.17. The van der Waals surface area contributed by atoms with Gasteiger partial charge in [0.25, 0.3) is 5.91 Å². The van der Waals surface area contributed by atoms with Crippen LogP contribution in [0.15, 0.2) is 35.1 Å². The molecule has 10 nitrogen and oxygen atoms in total. The lowest BCUT2D eigenvalue weighted by molar-refractivity contribution is -0.168. The summed E-state index contributed by atoms with van der Waals surface area (Å²) in [7, 11) is 2.97. The van der Waals surface area contributed by atoms with E-state index in [4.69, 9.17) is 10.5 Å². The van der Waals surface area contributed by atoms with Crippen molar-refractivity contribution >= 4 is 23.2 Å². The van der Waals surface area contributed by atoms with Gasteiger partial charge in [-0.3, -0.25) is 19.3 Å². The Morgan fingerprint density at radius 2 is 1.94 bits per heavy atom. The Balaban J connectivity index is 1.94. The number of nitrogens with two attached hydrogens (primary N) is 1. The predicted octanol–water partition coefficient (Wildman–Crippen LogP) is 0.408. The Kier molecular flexibility index (Phi) is 6.25. The predicted molar refractivity (Wildman–Crippen MR) is 124 cm³/mol. The molecule has 6 N–H and O–H groups in total. The van der Waals surface area contributed by atoms with E-state index in [9.17, 15) is 34.8 Å². The fourth-order valence-electron chi connectivity index (χ4n) is 5.63. The normalized spacial score (nSPS) is 30.2. The van der Waals surface area contributed by atoms with E-state index < -0.39 is 64.1 Å². The number of benzene rings is 1. The first kappa shape index (κ1) is 24.9. The Morgan fingerprint density at radius 1 is 1.26 bits per heavy atom. The molecule has 3 aliphatic carbocycles. The van der Waals surface area contributed by atoms with E-state index in [1.807, 2.05) is 6.92 Å². The van der Waals surface area contributed by atoms with Crippen LogP contribution in [0.2, 0.25) is 0 Å². The zero-order chi connectivity index (χ0) is 25.8. The second-order valence-electron chi connectivity index (χ2n) is 9.54. The Hall–Kier alpha value is -3.21. The Morgan fingerprint density at radius 3 is 2.54 bits per heavy atom. The summed E-state index contributed by atoms with van der Waals surface area (Å²) in [5, 5.41) is 45.2. The van der Waals surface area contributed by atoms with Crippen molar-refractivity contribution in [3.63, 3.8) is 0 Å². The maximum Gasteiger partial charge on any atom is 0.255 e. The number of hydrogen-bond donors (Lipinski definition) is 5. The molecule has 0 aliphatic heterocycles. The maximum absolute atomic E-state index is 13.8. The molecule has 5 atom stereocenters. The van der Waals surface area contributed by atoms with Gasteiger partial charge in [0, 0.05) is 11.5 Å². The lowest BCUT2D eigenvalue weighted by Crippen LogP contribution is -2.70. The van der Waals surface area contributed by atoms with Crippen molar-refractivity contribution in [2.45, 2.75) is 43.9 Å². The number of primary amides is 1. The number of carbonyl (C=O) groups excluding carboxylic acids is 3. The highest BCUT2D eigenvalue weighted by molar-refractivity contribution is 6.24. The second kappa shape index (κ2) is 8.78. The van der Waals surface area contributed by atoms with Gasteiger partial charge in [0.2, 0.25) is 5.78 Å². The van der Waals surface area contributed by atoms with Gasteiger partial charge in [0.15, 0.2) is 11.4 Å². The van der Waals surface area contributed by atoms with Gasteiger partial charge in [-0.2, -0.15) is 0 Å². The third kappa shape index (κ3) is 3.47. The molecule has 0 spiro atoms. The van der Waals surface area contributed by atoms with E-state index >= 15 is 0 Å². The third-order valence-corrected chi connectivity index (χ3v) is 7.28. The smallest absolute Gasteiger partial charge is 0.255 e. The number of likely N-dealkylation sites (N-methyl/N-ethyl adjacent to an activating group) is 1. The molecule has 0 aromatic heterocycles. The van der Waals surface area contributed by atoms with Crippen LogP contribution in [0.3, 0.4) is 0 Å². The molecular weight excluding hydrogens is 456 g/mol. The van der Waals surface area contributed by atoms with Crippen LogP contribution < -0.4 is 10.5 Å². The first-order valence-corrected chi connectivity index (χ1v) is 11.6. The van der Waals surface area contributed by atoms with Crippen LogP contribution in [0.1, 0.15) is 30.9 Å². The highest BCUT2D eigenvalue weighted by Crippen LogP contribution is 2.52. The fraction of sp³-hybridized carbons (Fsp3) is 0.480. The number of nitrogens with zero attached hydrogens (tertiary/aromatic N) is 1. The number of amides is 1. The lowest BCUT2D eigenvalue weighted by Gasteiger charge is -2.52. The number of fused-ring (bicyclic) bond motifs is 3. The van der Waals surface area contributed by atoms with Crippen LogP contribution in [-0.2, 0) is 20.8 Å². The summed E-state index contributed by atoms with van der Waals surface area (Å²) in [6, 6.07) is 3.81. The van der Waals surface area contributed by atoms with E-state index in [0.29, 0.717) is 17.9 Å². The van der Waals surface area contributed by atoms with Gasteiger partial charge < -0.3 is 30.9 Å². The summed E-state index contributed by atoms with van der Waals surface area (Å²) >= 11 is 0. The van der Waals surface area contributed by atoms with Gasteiger partial charge in [-0.1, -0.05) is 25.5 Å². The fourth-order valence-corrected chi connectivity index (χ4v) is 5.63. The highest BCUT2D eigenvalue weighted by Gasteiger charge is 2.67. The third-order valence-electron chi connectivity index (χ3n) is 7.28. The van der Waals surface area contributed by atoms with Crippen molar-refractivity contribution in [1.82, 2.24) is 4.90 Å². The molecule has 188 valence electrons. The minimum Gasteiger partial charge on any atom is -0.508 e. The first-order valence-electron chi connectivity index (χ1n) is 11.6. The van der Waals surface area contributed by atoms with Gasteiger partial charge in [-0.05, 0) is 38.6 Å². The molecule has 1 fully saturated rings. The van der Waals surface area contributed by atoms with Crippen LogP contribution in [-0.4, -0.2) is 81.2 Å². The minimum atomic E-state index is -2.85. The van der Waals surface area contributed by atoms with Crippen molar-refractivity contribution in [3.05, 3.63) is 46.2 Å². The zero-order valence-corrected chi connectivity index (χ0v) is 19.8. The van der Waals surface area contributed by atoms with Crippen molar-refractivity contribution in [3.8, 4) is 5.75 Å². The number of unbranched alkanes of at least 4 members (excludes halogenated alkanes) is 1. The van der Waals surface area contributed by atoms with Gasteiger partial charge in [-0.25, -0.2) is 0 Å². The van der Waals surface area contributed by atoms with E-state index in [-0.39, 0.29) is 17.6 Å². The standard InChI is InChI=1S/C25H30N2O8/c1-4-5-9-35-13-8-6-7-11-10-12-15(20(29)14(11)13)22(31)25(34)17(19(12)28)18(27(2)3)21(30)16(23(25)32)24(26)33/h6-8,12,17-19,28-29,32,34H,4-5,9-10H2,1-3H3,(H2,26,33)/t12-,17-,18+,19+,25+/m1/s1. The molecule has 10 heteroatoms. The number of hydrogen-bond acceptors (Lipinski definition) is 9. The van der Waals surface area contributed by atoms with Crippen LogP contribution in [0.25, 0.3) is 5.76 Å². The van der Waals surface area contributed by atoms with Crippen molar-refractivity contribution in [2.75, 3.05) is 20.7 Å². The Bertz CT molecular complexity index is 1170.